The van der Waals surface area contributed by atoms with Crippen LogP contribution in [-0.2, 0) is 4.79 Å². The number of hydrogen-bond donors (Lipinski definition) is 1. The molecule has 1 N–H and O–H groups in total. The van der Waals surface area contributed by atoms with E-state index in [4.69, 9.17) is 23.2 Å². The Labute approximate surface area is 86.1 Å². The zero-order chi connectivity index (χ0) is 10.0. The van der Waals surface area contributed by atoms with Gasteiger partial charge in [0.05, 0.1) is 15.7 Å². The zero-order valence-electron chi connectivity index (χ0n) is 7.19. The van der Waals surface area contributed by atoms with E-state index in [-0.39, 0.29) is 5.91 Å². The first kappa shape index (κ1) is 10.3. The van der Waals surface area contributed by atoms with Crippen molar-refractivity contribution in [3.05, 3.63) is 21.8 Å². The molecule has 1 heterocycles. The maximum absolute atomic E-state index is 10.7. The van der Waals surface area contributed by atoms with Crippen LogP contribution in [0.2, 0.25) is 10.0 Å². The second-order valence-corrected chi connectivity index (χ2v) is 3.38. The molecule has 1 aromatic rings. The van der Waals surface area contributed by atoms with E-state index >= 15 is 0 Å². The van der Waals surface area contributed by atoms with Crippen molar-refractivity contribution in [2.75, 3.05) is 5.32 Å². The SMILES string of the molecule is CC(=O)Nc1nc(C)c(Cl)cc1Cl. The highest BCUT2D eigenvalue weighted by atomic mass is 35.5. The van der Waals surface area contributed by atoms with Gasteiger partial charge in [-0.2, -0.15) is 0 Å². The van der Waals surface area contributed by atoms with Crippen molar-refractivity contribution < 1.29 is 4.79 Å². The Kier molecular flexibility index (Phi) is 3.12. The molecule has 0 aliphatic rings. The van der Waals surface area contributed by atoms with Crippen LogP contribution >= 0.6 is 23.2 Å². The minimum Gasteiger partial charge on any atom is -0.310 e. The Balaban J connectivity index is 3.08. The molecule has 0 fully saturated rings. The molecule has 1 aromatic heterocycles. The van der Waals surface area contributed by atoms with E-state index in [1.807, 2.05) is 0 Å². The van der Waals surface area contributed by atoms with Crippen LogP contribution in [0.3, 0.4) is 0 Å². The van der Waals surface area contributed by atoms with Crippen LogP contribution in [0.4, 0.5) is 5.82 Å². The predicted molar refractivity (Wildman–Crippen MR) is 53.3 cm³/mol. The summed E-state index contributed by atoms with van der Waals surface area (Å²) in [6, 6.07) is 1.55. The van der Waals surface area contributed by atoms with Gasteiger partial charge in [0.1, 0.15) is 0 Å². The fourth-order valence-electron chi connectivity index (χ4n) is 0.813. The third-order valence-electron chi connectivity index (χ3n) is 1.40. The lowest BCUT2D eigenvalue weighted by Gasteiger charge is -2.05. The van der Waals surface area contributed by atoms with Gasteiger partial charge in [0, 0.05) is 6.92 Å². The van der Waals surface area contributed by atoms with Gasteiger partial charge in [-0.25, -0.2) is 4.98 Å². The van der Waals surface area contributed by atoms with Crippen molar-refractivity contribution in [2.45, 2.75) is 13.8 Å². The van der Waals surface area contributed by atoms with Crippen LogP contribution in [0, 0.1) is 6.92 Å². The number of pyridine rings is 1. The number of amides is 1. The number of rotatable bonds is 1. The van der Waals surface area contributed by atoms with E-state index in [1.165, 1.54) is 6.92 Å². The molecule has 0 radical (unpaired) electrons. The third kappa shape index (κ3) is 2.57. The number of halogens is 2. The average molecular weight is 219 g/mol. The largest absolute Gasteiger partial charge is 0.310 e. The van der Waals surface area contributed by atoms with Gasteiger partial charge in [0.2, 0.25) is 5.91 Å². The van der Waals surface area contributed by atoms with Gasteiger partial charge in [-0.3, -0.25) is 4.79 Å². The van der Waals surface area contributed by atoms with Crippen LogP contribution < -0.4 is 5.32 Å². The van der Waals surface area contributed by atoms with Crippen molar-refractivity contribution in [3.8, 4) is 0 Å². The van der Waals surface area contributed by atoms with Crippen LogP contribution in [0.1, 0.15) is 12.6 Å². The third-order valence-corrected chi connectivity index (χ3v) is 2.07. The maximum atomic E-state index is 10.7. The van der Waals surface area contributed by atoms with E-state index < -0.39 is 0 Å². The summed E-state index contributed by atoms with van der Waals surface area (Å²) >= 11 is 11.5. The number of hydrogen-bond acceptors (Lipinski definition) is 2. The van der Waals surface area contributed by atoms with Crippen molar-refractivity contribution in [1.82, 2.24) is 4.98 Å². The normalized spacial score (nSPS) is 9.85. The number of nitrogens with zero attached hydrogens (tertiary/aromatic N) is 1. The summed E-state index contributed by atoms with van der Waals surface area (Å²) in [5.41, 5.74) is 0.634. The molecule has 0 aliphatic heterocycles. The summed E-state index contributed by atoms with van der Waals surface area (Å²) < 4.78 is 0. The van der Waals surface area contributed by atoms with Crippen molar-refractivity contribution >= 4 is 34.9 Å². The van der Waals surface area contributed by atoms with Crippen LogP contribution in [0.25, 0.3) is 0 Å². The molecule has 13 heavy (non-hydrogen) atoms. The summed E-state index contributed by atoms with van der Waals surface area (Å²) in [6.45, 7) is 3.13. The van der Waals surface area contributed by atoms with Crippen molar-refractivity contribution in [2.24, 2.45) is 0 Å². The molecule has 0 aromatic carbocycles. The summed E-state index contributed by atoms with van der Waals surface area (Å²) in [5, 5.41) is 3.32. The first-order valence-electron chi connectivity index (χ1n) is 3.61. The number of aromatic nitrogens is 1. The maximum Gasteiger partial charge on any atom is 0.222 e. The van der Waals surface area contributed by atoms with E-state index in [0.717, 1.165) is 0 Å². The molecular formula is C8H8Cl2N2O. The highest BCUT2D eigenvalue weighted by Gasteiger charge is 2.06. The molecule has 0 unspecified atom stereocenters. The molecule has 3 nitrogen and oxygen atoms in total. The van der Waals surface area contributed by atoms with Gasteiger partial charge < -0.3 is 5.32 Å². The Morgan fingerprint density at radius 3 is 2.62 bits per heavy atom. The first-order chi connectivity index (χ1) is 6.00. The predicted octanol–water partition coefficient (Wildman–Crippen LogP) is 2.66. The highest BCUT2D eigenvalue weighted by Crippen LogP contribution is 2.25. The topological polar surface area (TPSA) is 42.0 Å². The van der Waals surface area contributed by atoms with Gasteiger partial charge in [-0.1, -0.05) is 23.2 Å². The average Bonchev–Trinajstić information content (AvgIpc) is 1.99. The number of nitrogens with one attached hydrogen (secondary N) is 1. The Bertz CT molecular complexity index is 352. The smallest absolute Gasteiger partial charge is 0.222 e. The first-order valence-corrected chi connectivity index (χ1v) is 4.36. The molecule has 0 saturated heterocycles. The molecule has 0 saturated carbocycles. The number of carbonyl (C=O) groups excluding carboxylic acids is 1. The molecule has 0 spiro atoms. The molecule has 0 bridgehead atoms. The lowest BCUT2D eigenvalue weighted by atomic mass is 10.3. The van der Waals surface area contributed by atoms with Crippen LogP contribution in [0.5, 0.6) is 0 Å². The minimum absolute atomic E-state index is 0.212. The van der Waals surface area contributed by atoms with Crippen molar-refractivity contribution in [3.63, 3.8) is 0 Å². The lowest BCUT2D eigenvalue weighted by Crippen LogP contribution is -2.08. The molecular weight excluding hydrogens is 211 g/mol. The number of aryl methyl sites for hydroxylation is 1. The number of anilines is 1. The monoisotopic (exact) mass is 218 g/mol. The summed E-state index contributed by atoms with van der Waals surface area (Å²) in [7, 11) is 0. The van der Waals surface area contributed by atoms with E-state index in [0.29, 0.717) is 21.6 Å². The fourth-order valence-corrected chi connectivity index (χ4v) is 1.22. The van der Waals surface area contributed by atoms with Gasteiger partial charge in [-0.15, -0.1) is 0 Å². The van der Waals surface area contributed by atoms with Gasteiger partial charge in [0.25, 0.3) is 0 Å². The number of carbonyl (C=O) groups is 1. The minimum atomic E-state index is -0.212. The van der Waals surface area contributed by atoms with Gasteiger partial charge in [0.15, 0.2) is 5.82 Å². The van der Waals surface area contributed by atoms with Crippen LogP contribution in [0.15, 0.2) is 6.07 Å². The Morgan fingerprint density at radius 2 is 2.08 bits per heavy atom. The van der Waals surface area contributed by atoms with E-state index in [1.54, 1.807) is 13.0 Å². The molecule has 0 atom stereocenters. The van der Waals surface area contributed by atoms with Gasteiger partial charge >= 0.3 is 0 Å². The molecule has 70 valence electrons. The quantitative estimate of drug-likeness (QED) is 0.788. The standard InChI is InChI=1S/C8H8Cl2N2O/c1-4-6(9)3-7(10)8(11-4)12-5(2)13/h3H,1-2H3,(H,11,12,13). The zero-order valence-corrected chi connectivity index (χ0v) is 8.70. The second-order valence-electron chi connectivity index (χ2n) is 2.57. The summed E-state index contributed by atoms with van der Waals surface area (Å²) in [6.07, 6.45) is 0. The molecule has 5 heteroatoms. The van der Waals surface area contributed by atoms with E-state index in [2.05, 4.69) is 10.3 Å². The second kappa shape index (κ2) is 3.94. The highest BCUT2D eigenvalue weighted by molar-refractivity contribution is 6.36. The van der Waals surface area contributed by atoms with Gasteiger partial charge in [-0.05, 0) is 13.0 Å². The van der Waals surface area contributed by atoms with Crippen molar-refractivity contribution in [1.29, 1.82) is 0 Å². The Hall–Kier alpha value is -0.800. The molecule has 1 rings (SSSR count). The fraction of sp³-hybridized carbons (Fsp3) is 0.250. The Morgan fingerprint density at radius 1 is 1.46 bits per heavy atom. The lowest BCUT2D eigenvalue weighted by molar-refractivity contribution is -0.114. The summed E-state index contributed by atoms with van der Waals surface area (Å²) in [4.78, 5) is 14.7. The molecule has 1 amide bonds. The van der Waals surface area contributed by atoms with E-state index in [9.17, 15) is 4.79 Å². The molecule has 0 aliphatic carbocycles. The summed E-state index contributed by atoms with van der Waals surface area (Å²) in [5.74, 6) is 0.132. The van der Waals surface area contributed by atoms with Crippen LogP contribution in [-0.4, -0.2) is 10.9 Å².